The second-order valence-corrected chi connectivity index (χ2v) is 4.28. The Balaban J connectivity index is 2.22. The Morgan fingerprint density at radius 3 is 2.55 bits per heavy atom. The molecule has 0 aliphatic heterocycles. The van der Waals surface area contributed by atoms with E-state index in [-0.39, 0.29) is 6.04 Å². The molecule has 0 radical (unpaired) electrons. The van der Waals surface area contributed by atoms with E-state index in [9.17, 15) is 0 Å². The van der Waals surface area contributed by atoms with Gasteiger partial charge in [-0.05, 0) is 31.5 Å². The van der Waals surface area contributed by atoms with Gasteiger partial charge in [-0.3, -0.25) is 4.98 Å². The van der Waals surface area contributed by atoms with Gasteiger partial charge in [0.2, 0.25) is 5.75 Å². The minimum atomic E-state index is 0.0938. The van der Waals surface area contributed by atoms with Gasteiger partial charge in [0, 0.05) is 18.9 Å². The molecule has 6 nitrogen and oxygen atoms in total. The van der Waals surface area contributed by atoms with E-state index in [0.717, 1.165) is 12.1 Å². The maximum atomic E-state index is 5.40. The van der Waals surface area contributed by atoms with Crippen molar-refractivity contribution < 1.29 is 4.74 Å². The second-order valence-electron chi connectivity index (χ2n) is 4.28. The van der Waals surface area contributed by atoms with E-state index in [1.165, 1.54) is 6.33 Å². The van der Waals surface area contributed by atoms with Crippen molar-refractivity contribution in [3.63, 3.8) is 0 Å². The Kier molecular flexibility index (Phi) is 4.70. The predicted octanol–water partition coefficient (Wildman–Crippen LogP) is 2.49. The van der Waals surface area contributed by atoms with Crippen LogP contribution in [0.2, 0.25) is 0 Å². The van der Waals surface area contributed by atoms with Gasteiger partial charge >= 0.3 is 0 Å². The number of anilines is 2. The maximum absolute atomic E-state index is 5.40. The molecule has 2 aromatic heterocycles. The zero-order valence-electron chi connectivity index (χ0n) is 11.9. The Morgan fingerprint density at radius 1 is 1.20 bits per heavy atom. The molecule has 0 aliphatic rings. The first-order valence-corrected chi connectivity index (χ1v) is 6.55. The number of methoxy groups -OCH3 is 1. The molecule has 0 aromatic carbocycles. The number of ether oxygens (including phenoxy) is 1. The van der Waals surface area contributed by atoms with Crippen molar-refractivity contribution in [2.45, 2.75) is 19.9 Å². The van der Waals surface area contributed by atoms with Gasteiger partial charge in [0.1, 0.15) is 6.33 Å². The molecule has 2 aromatic rings. The SMILES string of the molecule is CCNc1ncnc(NC(C)c2ccncc2)c1OC. The first-order chi connectivity index (χ1) is 9.76. The minimum absolute atomic E-state index is 0.0938. The van der Waals surface area contributed by atoms with E-state index in [1.54, 1.807) is 19.5 Å². The smallest absolute Gasteiger partial charge is 0.204 e. The zero-order chi connectivity index (χ0) is 14.4. The van der Waals surface area contributed by atoms with Crippen LogP contribution in [0.1, 0.15) is 25.5 Å². The maximum Gasteiger partial charge on any atom is 0.204 e. The summed E-state index contributed by atoms with van der Waals surface area (Å²) in [6, 6.07) is 4.03. The highest BCUT2D eigenvalue weighted by Gasteiger charge is 2.14. The van der Waals surface area contributed by atoms with Crippen molar-refractivity contribution >= 4 is 11.6 Å². The average Bonchev–Trinajstić information content (AvgIpc) is 2.49. The van der Waals surface area contributed by atoms with Crippen LogP contribution in [0.15, 0.2) is 30.9 Å². The normalized spacial score (nSPS) is 11.8. The topological polar surface area (TPSA) is 72.0 Å². The molecule has 0 aliphatic carbocycles. The lowest BCUT2D eigenvalue weighted by atomic mass is 10.1. The molecule has 0 spiro atoms. The number of hydrogen-bond acceptors (Lipinski definition) is 6. The predicted molar refractivity (Wildman–Crippen MR) is 79.0 cm³/mol. The monoisotopic (exact) mass is 273 g/mol. The lowest BCUT2D eigenvalue weighted by Gasteiger charge is -2.18. The van der Waals surface area contributed by atoms with Crippen LogP contribution in [-0.4, -0.2) is 28.6 Å². The molecule has 6 heteroatoms. The molecule has 0 bridgehead atoms. The highest BCUT2D eigenvalue weighted by Crippen LogP contribution is 2.31. The van der Waals surface area contributed by atoms with Crippen LogP contribution in [0.25, 0.3) is 0 Å². The summed E-state index contributed by atoms with van der Waals surface area (Å²) in [6.07, 6.45) is 5.06. The van der Waals surface area contributed by atoms with E-state index in [2.05, 4.69) is 32.5 Å². The van der Waals surface area contributed by atoms with Crippen LogP contribution in [0, 0.1) is 0 Å². The quantitative estimate of drug-likeness (QED) is 0.842. The molecular formula is C14H19N5O. The third-order valence-corrected chi connectivity index (χ3v) is 2.91. The van der Waals surface area contributed by atoms with Crippen molar-refractivity contribution in [2.75, 3.05) is 24.3 Å². The Morgan fingerprint density at radius 2 is 1.90 bits per heavy atom. The van der Waals surface area contributed by atoms with E-state index in [4.69, 9.17) is 4.74 Å². The molecule has 0 saturated heterocycles. The van der Waals surface area contributed by atoms with Crippen molar-refractivity contribution in [2.24, 2.45) is 0 Å². The molecule has 0 fully saturated rings. The first kappa shape index (κ1) is 14.0. The molecule has 2 N–H and O–H groups in total. The fourth-order valence-corrected chi connectivity index (χ4v) is 1.90. The largest absolute Gasteiger partial charge is 0.490 e. The molecule has 1 atom stereocenters. The van der Waals surface area contributed by atoms with Gasteiger partial charge in [0.15, 0.2) is 11.6 Å². The third-order valence-electron chi connectivity index (χ3n) is 2.91. The number of aromatic nitrogens is 3. The number of nitrogens with zero attached hydrogens (tertiary/aromatic N) is 3. The molecule has 2 heterocycles. The number of nitrogens with one attached hydrogen (secondary N) is 2. The number of pyridine rings is 1. The Bertz CT molecular complexity index is 547. The van der Waals surface area contributed by atoms with Crippen molar-refractivity contribution in [1.82, 2.24) is 15.0 Å². The summed E-state index contributed by atoms with van der Waals surface area (Å²) in [5.74, 6) is 1.98. The van der Waals surface area contributed by atoms with Gasteiger partial charge in [-0.2, -0.15) is 0 Å². The van der Waals surface area contributed by atoms with Gasteiger partial charge < -0.3 is 15.4 Å². The molecule has 0 saturated carbocycles. The van der Waals surface area contributed by atoms with Crippen LogP contribution < -0.4 is 15.4 Å². The summed E-state index contributed by atoms with van der Waals surface area (Å²) in [4.78, 5) is 12.5. The van der Waals surface area contributed by atoms with Crippen LogP contribution in [0.4, 0.5) is 11.6 Å². The van der Waals surface area contributed by atoms with Crippen molar-refractivity contribution in [3.8, 4) is 5.75 Å². The lowest BCUT2D eigenvalue weighted by Crippen LogP contribution is -2.11. The summed E-state index contributed by atoms with van der Waals surface area (Å²) >= 11 is 0. The van der Waals surface area contributed by atoms with Gasteiger partial charge in [-0.25, -0.2) is 9.97 Å². The zero-order valence-corrected chi connectivity index (χ0v) is 11.9. The standard InChI is InChI=1S/C14H19N5O/c1-4-16-13-12(20-3)14(18-9-17-13)19-10(2)11-5-7-15-8-6-11/h5-10H,4H2,1-3H3,(H2,16,17,18,19). The van der Waals surface area contributed by atoms with Crippen LogP contribution >= 0.6 is 0 Å². The van der Waals surface area contributed by atoms with Crippen LogP contribution in [0.3, 0.4) is 0 Å². The average molecular weight is 273 g/mol. The van der Waals surface area contributed by atoms with Gasteiger partial charge in [0.05, 0.1) is 13.2 Å². The van der Waals surface area contributed by atoms with Crippen LogP contribution in [-0.2, 0) is 0 Å². The third kappa shape index (κ3) is 3.14. The molecular weight excluding hydrogens is 254 g/mol. The van der Waals surface area contributed by atoms with Crippen molar-refractivity contribution in [3.05, 3.63) is 36.4 Å². The number of rotatable bonds is 6. The summed E-state index contributed by atoms with van der Waals surface area (Å²) in [5.41, 5.74) is 1.13. The highest BCUT2D eigenvalue weighted by atomic mass is 16.5. The molecule has 20 heavy (non-hydrogen) atoms. The Labute approximate surface area is 118 Å². The van der Waals surface area contributed by atoms with Crippen molar-refractivity contribution in [1.29, 1.82) is 0 Å². The van der Waals surface area contributed by atoms with E-state index in [0.29, 0.717) is 17.4 Å². The molecule has 2 rings (SSSR count). The second kappa shape index (κ2) is 6.70. The van der Waals surface area contributed by atoms with Gasteiger partial charge in [-0.15, -0.1) is 0 Å². The summed E-state index contributed by atoms with van der Waals surface area (Å²) in [5, 5.41) is 6.49. The lowest BCUT2D eigenvalue weighted by molar-refractivity contribution is 0.414. The van der Waals surface area contributed by atoms with Gasteiger partial charge in [-0.1, -0.05) is 0 Å². The fraction of sp³-hybridized carbons (Fsp3) is 0.357. The summed E-state index contributed by atoms with van der Waals surface area (Å²) in [7, 11) is 1.61. The summed E-state index contributed by atoms with van der Waals surface area (Å²) in [6.45, 7) is 4.84. The number of hydrogen-bond donors (Lipinski definition) is 2. The Hall–Kier alpha value is -2.37. The molecule has 1 unspecified atom stereocenters. The molecule has 106 valence electrons. The highest BCUT2D eigenvalue weighted by molar-refractivity contribution is 5.64. The minimum Gasteiger partial charge on any atom is -0.490 e. The van der Waals surface area contributed by atoms with E-state index >= 15 is 0 Å². The molecule has 0 amide bonds. The first-order valence-electron chi connectivity index (χ1n) is 6.55. The van der Waals surface area contributed by atoms with E-state index < -0.39 is 0 Å². The van der Waals surface area contributed by atoms with E-state index in [1.807, 2.05) is 19.1 Å². The van der Waals surface area contributed by atoms with Gasteiger partial charge in [0.25, 0.3) is 0 Å². The van der Waals surface area contributed by atoms with Crippen LogP contribution in [0.5, 0.6) is 5.75 Å². The summed E-state index contributed by atoms with van der Waals surface area (Å²) < 4.78 is 5.40. The fourth-order valence-electron chi connectivity index (χ4n) is 1.90.